The van der Waals surface area contributed by atoms with Gasteiger partial charge in [-0.25, -0.2) is 4.68 Å². The third-order valence-electron chi connectivity index (χ3n) is 5.14. The molecule has 0 N–H and O–H groups in total. The lowest BCUT2D eigenvalue weighted by Gasteiger charge is -2.17. The van der Waals surface area contributed by atoms with Crippen molar-refractivity contribution in [1.82, 2.24) is 9.78 Å². The van der Waals surface area contributed by atoms with E-state index in [1.807, 2.05) is 24.3 Å². The van der Waals surface area contributed by atoms with Crippen LogP contribution < -0.4 is 4.90 Å². The van der Waals surface area contributed by atoms with Crippen molar-refractivity contribution in [1.29, 1.82) is 0 Å². The van der Waals surface area contributed by atoms with Gasteiger partial charge < -0.3 is 4.90 Å². The minimum absolute atomic E-state index is 0.160. The average Bonchev–Trinajstić information content (AvgIpc) is 3.21. The zero-order chi connectivity index (χ0) is 20.1. The van der Waals surface area contributed by atoms with E-state index in [9.17, 15) is 18.0 Å². The van der Waals surface area contributed by atoms with Gasteiger partial charge in [0.15, 0.2) is 0 Å². The van der Waals surface area contributed by atoms with E-state index in [-0.39, 0.29) is 11.8 Å². The molecule has 0 fully saturated rings. The number of hydrogen-bond acceptors (Lipinski definition) is 2. The molecule has 1 atom stereocenters. The van der Waals surface area contributed by atoms with Crippen LogP contribution in [0.2, 0.25) is 0 Å². The van der Waals surface area contributed by atoms with Crippen LogP contribution in [0.25, 0.3) is 5.69 Å². The van der Waals surface area contributed by atoms with Crippen molar-refractivity contribution in [3.63, 3.8) is 0 Å². The van der Waals surface area contributed by atoms with Gasteiger partial charge in [0.1, 0.15) is 0 Å². The summed E-state index contributed by atoms with van der Waals surface area (Å²) in [7, 11) is 0. The first-order valence-electron chi connectivity index (χ1n) is 8.90. The molecule has 28 heavy (non-hydrogen) atoms. The number of anilines is 1. The Morgan fingerprint density at radius 3 is 2.46 bits per heavy atom. The zero-order valence-electron chi connectivity index (χ0n) is 15.4. The predicted octanol–water partition coefficient (Wildman–Crippen LogP) is 4.96. The molecule has 0 aliphatic carbocycles. The first-order chi connectivity index (χ1) is 13.3. The average molecular weight is 385 g/mol. The highest BCUT2D eigenvalue weighted by Crippen LogP contribution is 2.37. The molecule has 4 rings (SSSR count). The number of benzene rings is 2. The van der Waals surface area contributed by atoms with Gasteiger partial charge in [0, 0.05) is 18.2 Å². The molecule has 0 radical (unpaired) electrons. The quantitative estimate of drug-likeness (QED) is 0.625. The molecule has 1 unspecified atom stereocenters. The van der Waals surface area contributed by atoms with Crippen LogP contribution in [0.15, 0.2) is 54.7 Å². The largest absolute Gasteiger partial charge is 0.416 e. The number of fused-ring (bicyclic) bond motifs is 1. The Morgan fingerprint density at radius 1 is 1.11 bits per heavy atom. The van der Waals surface area contributed by atoms with Gasteiger partial charge in [0.05, 0.1) is 28.7 Å². The number of aromatic nitrogens is 2. The predicted molar refractivity (Wildman–Crippen MR) is 99.8 cm³/mol. The minimum Gasteiger partial charge on any atom is -0.307 e. The first kappa shape index (κ1) is 18.3. The number of rotatable bonds is 2. The number of amides is 1. The number of para-hydroxylation sites is 1. The van der Waals surface area contributed by atoms with E-state index in [1.54, 1.807) is 11.8 Å². The number of nitrogens with zero attached hydrogens (tertiary/aromatic N) is 3. The van der Waals surface area contributed by atoms with Gasteiger partial charge in [-0.1, -0.05) is 25.1 Å². The van der Waals surface area contributed by atoms with Crippen LogP contribution in [-0.2, 0) is 6.18 Å². The van der Waals surface area contributed by atoms with Crippen molar-refractivity contribution in [3.8, 4) is 5.69 Å². The summed E-state index contributed by atoms with van der Waals surface area (Å²) in [6.45, 7) is 4.40. The lowest BCUT2D eigenvalue weighted by molar-refractivity contribution is -0.137. The summed E-state index contributed by atoms with van der Waals surface area (Å²) in [4.78, 5) is 14.9. The summed E-state index contributed by atoms with van der Waals surface area (Å²) in [5.41, 5.74) is 2.79. The van der Waals surface area contributed by atoms with Gasteiger partial charge in [0.25, 0.3) is 5.91 Å². The number of carbonyl (C=O) groups is 1. The molecule has 1 aliphatic rings. The van der Waals surface area contributed by atoms with E-state index in [0.29, 0.717) is 23.5 Å². The van der Waals surface area contributed by atoms with Crippen molar-refractivity contribution in [2.75, 3.05) is 11.4 Å². The molecule has 1 aromatic heterocycles. The molecule has 0 bridgehead atoms. The molecule has 1 aliphatic heterocycles. The van der Waals surface area contributed by atoms with Crippen molar-refractivity contribution in [2.45, 2.75) is 25.9 Å². The van der Waals surface area contributed by atoms with Gasteiger partial charge in [-0.2, -0.15) is 18.3 Å². The number of hydrogen-bond donors (Lipinski definition) is 0. The molecule has 0 spiro atoms. The van der Waals surface area contributed by atoms with Crippen LogP contribution in [-0.4, -0.2) is 22.2 Å². The van der Waals surface area contributed by atoms with Crippen molar-refractivity contribution >= 4 is 11.6 Å². The molecule has 2 aromatic carbocycles. The normalized spacial score (nSPS) is 16.3. The summed E-state index contributed by atoms with van der Waals surface area (Å²) in [5, 5.41) is 4.23. The summed E-state index contributed by atoms with van der Waals surface area (Å²) in [6, 6.07) is 12.5. The van der Waals surface area contributed by atoms with Crippen LogP contribution in [0, 0.1) is 6.92 Å². The van der Waals surface area contributed by atoms with Crippen LogP contribution in [0.5, 0.6) is 0 Å². The molecule has 7 heteroatoms. The second-order valence-corrected chi connectivity index (χ2v) is 6.98. The van der Waals surface area contributed by atoms with Gasteiger partial charge in [-0.15, -0.1) is 0 Å². The Labute approximate surface area is 160 Å². The Morgan fingerprint density at radius 2 is 1.79 bits per heavy atom. The monoisotopic (exact) mass is 385 g/mol. The highest BCUT2D eigenvalue weighted by atomic mass is 19.4. The van der Waals surface area contributed by atoms with E-state index in [4.69, 9.17) is 0 Å². The van der Waals surface area contributed by atoms with E-state index in [1.165, 1.54) is 23.0 Å². The lowest BCUT2D eigenvalue weighted by atomic mass is 10.0. The zero-order valence-corrected chi connectivity index (χ0v) is 15.4. The summed E-state index contributed by atoms with van der Waals surface area (Å²) in [5.74, 6) is 0.0814. The van der Waals surface area contributed by atoms with Gasteiger partial charge in [-0.05, 0) is 42.8 Å². The highest BCUT2D eigenvalue weighted by Gasteiger charge is 2.32. The second kappa shape index (κ2) is 6.51. The fraction of sp³-hybridized carbons (Fsp3) is 0.238. The first-order valence-corrected chi connectivity index (χ1v) is 8.90. The maximum Gasteiger partial charge on any atom is 0.416 e. The van der Waals surface area contributed by atoms with E-state index in [0.717, 1.165) is 23.4 Å². The Balaban J connectivity index is 1.65. The molecule has 3 aromatic rings. The molecule has 144 valence electrons. The highest BCUT2D eigenvalue weighted by molar-refractivity contribution is 6.08. The smallest absolute Gasteiger partial charge is 0.307 e. The molecular formula is C21H18F3N3O. The van der Waals surface area contributed by atoms with Crippen LogP contribution >= 0.6 is 0 Å². The van der Waals surface area contributed by atoms with Crippen LogP contribution in [0.4, 0.5) is 18.9 Å². The fourth-order valence-corrected chi connectivity index (χ4v) is 3.63. The second-order valence-electron chi connectivity index (χ2n) is 6.98. The van der Waals surface area contributed by atoms with E-state index in [2.05, 4.69) is 12.0 Å². The fourth-order valence-electron chi connectivity index (χ4n) is 3.63. The van der Waals surface area contributed by atoms with Gasteiger partial charge in [-0.3, -0.25) is 4.79 Å². The van der Waals surface area contributed by atoms with Crippen LogP contribution in [0.3, 0.4) is 0 Å². The summed E-state index contributed by atoms with van der Waals surface area (Å²) in [6.07, 6.45) is -2.92. The van der Waals surface area contributed by atoms with Gasteiger partial charge in [0.2, 0.25) is 0 Å². The number of carbonyl (C=O) groups excluding carboxylic acids is 1. The standard InChI is InChI=1S/C21H18F3N3O/c1-13-12-26(19-6-4-3-5-17(13)19)20(28)18-11-25-27(14(18)2)16-9-7-15(8-10-16)21(22,23)24/h3-11,13H,12H2,1-2H3. The maximum absolute atomic E-state index is 13.1. The van der Waals surface area contributed by atoms with Gasteiger partial charge >= 0.3 is 6.18 Å². The number of alkyl halides is 3. The van der Waals surface area contributed by atoms with E-state index >= 15 is 0 Å². The molecule has 0 saturated carbocycles. The summed E-state index contributed by atoms with van der Waals surface area (Å²) < 4.78 is 39.8. The van der Waals surface area contributed by atoms with Crippen LogP contribution in [0.1, 0.15) is 40.0 Å². The van der Waals surface area contributed by atoms with E-state index < -0.39 is 11.7 Å². The SMILES string of the molecule is Cc1c(C(=O)N2CC(C)c3ccccc32)cnn1-c1ccc(C(F)(F)F)cc1. The third-order valence-corrected chi connectivity index (χ3v) is 5.14. The van der Waals surface area contributed by atoms with Crippen molar-refractivity contribution in [2.24, 2.45) is 0 Å². The Bertz CT molecular complexity index is 1040. The summed E-state index contributed by atoms with van der Waals surface area (Å²) >= 11 is 0. The van der Waals surface area contributed by atoms with Crippen molar-refractivity contribution in [3.05, 3.63) is 77.1 Å². The molecular weight excluding hydrogens is 367 g/mol. The lowest BCUT2D eigenvalue weighted by Crippen LogP contribution is -2.29. The Kier molecular flexibility index (Phi) is 4.25. The molecule has 0 saturated heterocycles. The molecule has 1 amide bonds. The molecule has 4 nitrogen and oxygen atoms in total. The Hall–Kier alpha value is -3.09. The topological polar surface area (TPSA) is 38.1 Å². The third kappa shape index (κ3) is 2.96. The minimum atomic E-state index is -4.39. The number of halogens is 3. The maximum atomic E-state index is 13.1. The molecule has 2 heterocycles. The van der Waals surface area contributed by atoms with Crippen molar-refractivity contribution < 1.29 is 18.0 Å².